The van der Waals surface area contributed by atoms with E-state index in [0.29, 0.717) is 55.7 Å². The van der Waals surface area contributed by atoms with Gasteiger partial charge in [-0.2, -0.15) is 0 Å². The number of halogens is 1. The average molecular weight is 301 g/mol. The van der Waals surface area contributed by atoms with Crippen LogP contribution < -0.4 is 11.1 Å². The first kappa shape index (κ1) is 16.8. The van der Waals surface area contributed by atoms with Crippen molar-refractivity contribution in [2.75, 3.05) is 37.5 Å². The molecule has 20 heavy (non-hydrogen) atoms. The van der Waals surface area contributed by atoms with Crippen molar-refractivity contribution < 1.29 is 14.3 Å². The topological polar surface area (TPSA) is 73.6 Å². The molecule has 1 rings (SSSR count). The lowest BCUT2D eigenvalue weighted by Gasteiger charge is -2.08. The fourth-order valence-corrected chi connectivity index (χ4v) is 1.78. The zero-order valence-electron chi connectivity index (χ0n) is 11.7. The summed E-state index contributed by atoms with van der Waals surface area (Å²) in [6, 6.07) is 4.99. The average Bonchev–Trinajstić information content (AvgIpc) is 2.41. The molecule has 0 radical (unpaired) electrons. The van der Waals surface area contributed by atoms with Gasteiger partial charge in [-0.1, -0.05) is 11.6 Å². The summed E-state index contributed by atoms with van der Waals surface area (Å²) in [6.45, 7) is 4.31. The van der Waals surface area contributed by atoms with Crippen LogP contribution in [0.25, 0.3) is 0 Å². The molecule has 0 unspecified atom stereocenters. The zero-order chi connectivity index (χ0) is 14.8. The van der Waals surface area contributed by atoms with E-state index in [1.807, 2.05) is 6.92 Å². The molecule has 112 valence electrons. The normalized spacial score (nSPS) is 10.5. The molecule has 0 bridgehead atoms. The van der Waals surface area contributed by atoms with Gasteiger partial charge >= 0.3 is 0 Å². The van der Waals surface area contributed by atoms with Crippen molar-refractivity contribution in [2.45, 2.75) is 19.8 Å². The molecule has 0 saturated heterocycles. The predicted molar refractivity (Wildman–Crippen MR) is 81.0 cm³/mol. The summed E-state index contributed by atoms with van der Waals surface area (Å²) >= 11 is 5.97. The Hall–Kier alpha value is -1.30. The molecule has 0 aliphatic rings. The number of nitrogens with two attached hydrogens (primary N) is 1. The maximum absolute atomic E-state index is 11.7. The van der Waals surface area contributed by atoms with Crippen LogP contribution in [-0.4, -0.2) is 32.3 Å². The smallest absolute Gasteiger partial charge is 0.224 e. The van der Waals surface area contributed by atoms with E-state index in [2.05, 4.69) is 5.32 Å². The van der Waals surface area contributed by atoms with E-state index in [0.717, 1.165) is 0 Å². The van der Waals surface area contributed by atoms with Crippen molar-refractivity contribution in [1.82, 2.24) is 0 Å². The summed E-state index contributed by atoms with van der Waals surface area (Å²) in [4.78, 5) is 11.7. The van der Waals surface area contributed by atoms with Gasteiger partial charge in [0.2, 0.25) is 5.91 Å². The van der Waals surface area contributed by atoms with E-state index in [4.69, 9.17) is 26.8 Å². The minimum atomic E-state index is -0.0925. The molecule has 0 saturated carbocycles. The predicted octanol–water partition coefficient (Wildman–Crippen LogP) is 2.69. The lowest BCUT2D eigenvalue weighted by atomic mass is 10.2. The Bertz CT molecular complexity index is 427. The van der Waals surface area contributed by atoms with Crippen LogP contribution >= 0.6 is 11.6 Å². The second kappa shape index (κ2) is 9.58. The number of nitrogens with one attached hydrogen (secondary N) is 1. The van der Waals surface area contributed by atoms with Crippen LogP contribution in [0, 0.1) is 0 Å². The SMILES string of the molecule is CCOCCOCCCC(=O)Nc1ccc(N)cc1Cl. The van der Waals surface area contributed by atoms with Gasteiger partial charge < -0.3 is 20.5 Å². The minimum Gasteiger partial charge on any atom is -0.399 e. The summed E-state index contributed by atoms with van der Waals surface area (Å²) in [5.74, 6) is -0.0925. The lowest BCUT2D eigenvalue weighted by Crippen LogP contribution is -2.13. The summed E-state index contributed by atoms with van der Waals surface area (Å²) in [5.41, 5.74) is 6.72. The first-order valence-electron chi connectivity index (χ1n) is 6.64. The van der Waals surface area contributed by atoms with Gasteiger partial charge in [0, 0.05) is 25.3 Å². The second-order valence-corrected chi connectivity index (χ2v) is 4.61. The van der Waals surface area contributed by atoms with Gasteiger partial charge in [0.15, 0.2) is 0 Å². The van der Waals surface area contributed by atoms with Crippen LogP contribution in [0.1, 0.15) is 19.8 Å². The van der Waals surface area contributed by atoms with Crippen LogP contribution in [0.2, 0.25) is 5.02 Å². The number of benzene rings is 1. The molecular formula is C14H21ClN2O3. The molecule has 0 atom stereocenters. The zero-order valence-corrected chi connectivity index (χ0v) is 12.4. The highest BCUT2D eigenvalue weighted by atomic mass is 35.5. The molecular weight excluding hydrogens is 280 g/mol. The highest BCUT2D eigenvalue weighted by Crippen LogP contribution is 2.24. The fraction of sp³-hybridized carbons (Fsp3) is 0.500. The van der Waals surface area contributed by atoms with E-state index in [-0.39, 0.29) is 5.91 Å². The number of ether oxygens (including phenoxy) is 2. The molecule has 0 aliphatic carbocycles. The van der Waals surface area contributed by atoms with Gasteiger partial charge in [0.25, 0.3) is 0 Å². The Balaban J connectivity index is 2.17. The number of anilines is 2. The van der Waals surface area contributed by atoms with E-state index in [1.165, 1.54) is 0 Å². The van der Waals surface area contributed by atoms with Crippen molar-refractivity contribution >= 4 is 28.9 Å². The van der Waals surface area contributed by atoms with Crippen molar-refractivity contribution in [2.24, 2.45) is 0 Å². The Kier molecular flexibility index (Phi) is 8.02. The second-order valence-electron chi connectivity index (χ2n) is 4.20. The summed E-state index contributed by atoms with van der Waals surface area (Å²) in [5, 5.41) is 3.18. The molecule has 1 aromatic rings. The molecule has 0 aromatic heterocycles. The van der Waals surface area contributed by atoms with Crippen LogP contribution in [0.3, 0.4) is 0 Å². The highest BCUT2D eigenvalue weighted by Gasteiger charge is 2.06. The summed E-state index contributed by atoms with van der Waals surface area (Å²) < 4.78 is 10.5. The van der Waals surface area contributed by atoms with Gasteiger partial charge in [0.05, 0.1) is 23.9 Å². The molecule has 6 heteroatoms. The number of hydrogen-bond donors (Lipinski definition) is 2. The molecule has 3 N–H and O–H groups in total. The first-order chi connectivity index (χ1) is 9.63. The van der Waals surface area contributed by atoms with E-state index in [9.17, 15) is 4.79 Å². The molecule has 0 heterocycles. The number of hydrogen-bond acceptors (Lipinski definition) is 4. The van der Waals surface area contributed by atoms with Gasteiger partial charge in [0.1, 0.15) is 0 Å². The number of rotatable bonds is 9. The van der Waals surface area contributed by atoms with Crippen LogP contribution in [0.5, 0.6) is 0 Å². The van der Waals surface area contributed by atoms with Gasteiger partial charge in [-0.05, 0) is 31.5 Å². The van der Waals surface area contributed by atoms with Gasteiger partial charge in [-0.25, -0.2) is 0 Å². The van der Waals surface area contributed by atoms with Crippen LogP contribution in [0.4, 0.5) is 11.4 Å². The molecule has 0 aliphatic heterocycles. The Morgan fingerprint density at radius 3 is 2.75 bits per heavy atom. The molecule has 0 fully saturated rings. The van der Waals surface area contributed by atoms with E-state index < -0.39 is 0 Å². The quantitative estimate of drug-likeness (QED) is 0.543. The highest BCUT2D eigenvalue weighted by molar-refractivity contribution is 6.34. The van der Waals surface area contributed by atoms with Gasteiger partial charge in [-0.15, -0.1) is 0 Å². The van der Waals surface area contributed by atoms with E-state index in [1.54, 1.807) is 18.2 Å². The number of carbonyl (C=O) groups is 1. The third-order valence-electron chi connectivity index (χ3n) is 2.54. The maximum Gasteiger partial charge on any atom is 0.224 e. The number of amides is 1. The Labute approximate surface area is 124 Å². The van der Waals surface area contributed by atoms with Crippen molar-refractivity contribution in [3.05, 3.63) is 23.2 Å². The molecule has 0 spiro atoms. The van der Waals surface area contributed by atoms with Gasteiger partial charge in [-0.3, -0.25) is 4.79 Å². The summed E-state index contributed by atoms with van der Waals surface area (Å²) in [7, 11) is 0. The standard InChI is InChI=1S/C14H21ClN2O3/c1-2-19-8-9-20-7-3-4-14(18)17-13-6-5-11(16)10-12(13)15/h5-6,10H,2-4,7-9,16H2,1H3,(H,17,18). The third kappa shape index (κ3) is 6.75. The van der Waals surface area contributed by atoms with Crippen molar-refractivity contribution in [3.8, 4) is 0 Å². The Morgan fingerprint density at radius 2 is 2.05 bits per heavy atom. The molecule has 5 nitrogen and oxygen atoms in total. The van der Waals surface area contributed by atoms with Crippen LogP contribution in [0.15, 0.2) is 18.2 Å². The third-order valence-corrected chi connectivity index (χ3v) is 2.85. The number of nitrogen functional groups attached to an aromatic ring is 1. The van der Waals surface area contributed by atoms with Crippen molar-refractivity contribution in [1.29, 1.82) is 0 Å². The fourth-order valence-electron chi connectivity index (χ4n) is 1.54. The first-order valence-corrected chi connectivity index (χ1v) is 7.01. The molecule has 1 amide bonds. The Morgan fingerprint density at radius 1 is 1.30 bits per heavy atom. The van der Waals surface area contributed by atoms with Crippen molar-refractivity contribution in [3.63, 3.8) is 0 Å². The lowest BCUT2D eigenvalue weighted by molar-refractivity contribution is -0.116. The summed E-state index contributed by atoms with van der Waals surface area (Å²) in [6.07, 6.45) is 1.04. The number of carbonyl (C=O) groups excluding carboxylic acids is 1. The van der Waals surface area contributed by atoms with Crippen LogP contribution in [-0.2, 0) is 14.3 Å². The molecule has 1 aromatic carbocycles. The minimum absolute atomic E-state index is 0.0925. The van der Waals surface area contributed by atoms with E-state index >= 15 is 0 Å². The maximum atomic E-state index is 11.7. The largest absolute Gasteiger partial charge is 0.399 e. The monoisotopic (exact) mass is 300 g/mol.